The molecule has 4 amide bonds. The lowest BCUT2D eigenvalue weighted by Crippen LogP contribution is -2.51. The average Bonchev–Trinajstić information content (AvgIpc) is 4.01. The van der Waals surface area contributed by atoms with Crippen LogP contribution < -0.4 is 10.6 Å². The number of hydrogen-bond acceptors (Lipinski definition) is 10. The van der Waals surface area contributed by atoms with Crippen LogP contribution in [0.25, 0.3) is 44.3 Å². The molecule has 2 saturated heterocycles. The second-order valence-corrected chi connectivity index (χ2v) is 15.8. The molecule has 0 bridgehead atoms. The third-order valence-corrected chi connectivity index (χ3v) is 11.1. The number of benzene rings is 3. The van der Waals surface area contributed by atoms with Crippen molar-refractivity contribution < 1.29 is 38.9 Å². The van der Waals surface area contributed by atoms with Crippen LogP contribution in [0.1, 0.15) is 64.3 Å². The molecule has 16 nitrogen and oxygen atoms in total. The highest BCUT2D eigenvalue weighted by Crippen LogP contribution is 2.36. The highest BCUT2D eigenvalue weighted by Gasteiger charge is 2.42. The number of nitrogens with one attached hydrogen (secondary N) is 4. The molecule has 0 saturated carbocycles. The molecule has 2 aliphatic rings. The maximum atomic E-state index is 13.7. The predicted molar refractivity (Wildman–Crippen MR) is 215 cm³/mol. The molecule has 0 aliphatic carbocycles. The van der Waals surface area contributed by atoms with Crippen molar-refractivity contribution in [2.24, 2.45) is 11.8 Å². The van der Waals surface area contributed by atoms with Crippen molar-refractivity contribution in [3.05, 3.63) is 72.3 Å². The molecule has 306 valence electrons. The first kappa shape index (κ1) is 40.2. The van der Waals surface area contributed by atoms with Crippen molar-refractivity contribution in [2.75, 3.05) is 27.3 Å². The molecular weight excluding hydrogens is 745 g/mol. The fraction of sp³-hybridized carbons (Fsp3) is 0.429. The molecule has 2 fully saturated rings. The van der Waals surface area contributed by atoms with E-state index in [1.807, 2.05) is 88.4 Å². The van der Waals surface area contributed by atoms with Crippen molar-refractivity contribution in [1.82, 2.24) is 40.4 Å². The van der Waals surface area contributed by atoms with Gasteiger partial charge in [-0.15, -0.1) is 0 Å². The Kier molecular flexibility index (Phi) is 11.4. The lowest BCUT2D eigenvalue weighted by Gasteiger charge is -2.29. The van der Waals surface area contributed by atoms with Gasteiger partial charge in [-0.3, -0.25) is 9.59 Å². The summed E-state index contributed by atoms with van der Waals surface area (Å²) in [6.07, 6.45) is -2.24. The van der Waals surface area contributed by atoms with E-state index in [2.05, 4.69) is 20.6 Å². The highest BCUT2D eigenvalue weighted by atomic mass is 16.5. The van der Waals surface area contributed by atoms with Gasteiger partial charge in [0.15, 0.2) is 0 Å². The first-order chi connectivity index (χ1) is 27.7. The number of aliphatic hydroxyl groups is 2. The quantitative estimate of drug-likeness (QED) is 0.114. The van der Waals surface area contributed by atoms with Gasteiger partial charge in [0.25, 0.3) is 0 Å². The molecule has 0 spiro atoms. The predicted octanol–water partition coefficient (Wildman–Crippen LogP) is 4.80. The molecule has 6 N–H and O–H groups in total. The van der Waals surface area contributed by atoms with E-state index >= 15 is 0 Å². The fourth-order valence-electron chi connectivity index (χ4n) is 7.98. The number of hydrogen-bond donors (Lipinski definition) is 6. The molecule has 58 heavy (non-hydrogen) atoms. The summed E-state index contributed by atoms with van der Waals surface area (Å²) in [5.41, 5.74) is 6.91. The van der Waals surface area contributed by atoms with Crippen LogP contribution in [0, 0.1) is 11.8 Å². The number of nitrogens with zero attached hydrogens (tertiary/aromatic N) is 4. The Bertz CT molecular complexity index is 2160. The average molecular weight is 795 g/mol. The number of H-pyrrole nitrogens is 2. The number of imidazole rings is 2. The summed E-state index contributed by atoms with van der Waals surface area (Å²) in [6, 6.07) is 17.4. The molecule has 2 aromatic heterocycles. The minimum Gasteiger partial charge on any atom is -0.453 e. The number of aliphatic hydroxyl groups excluding tert-OH is 2. The smallest absolute Gasteiger partial charge is 0.407 e. The second kappa shape index (κ2) is 16.5. The lowest BCUT2D eigenvalue weighted by molar-refractivity contribution is -0.136. The summed E-state index contributed by atoms with van der Waals surface area (Å²) in [6.45, 7) is 7.60. The molecule has 4 heterocycles. The van der Waals surface area contributed by atoms with Crippen LogP contribution in [0.2, 0.25) is 0 Å². The van der Waals surface area contributed by atoms with Crippen molar-refractivity contribution in [1.29, 1.82) is 0 Å². The van der Waals surface area contributed by atoms with Gasteiger partial charge in [-0.1, -0.05) is 64.1 Å². The van der Waals surface area contributed by atoms with E-state index in [1.54, 1.807) is 9.80 Å². The minimum absolute atomic E-state index is 0.124. The van der Waals surface area contributed by atoms with Crippen LogP contribution in [0.5, 0.6) is 0 Å². The van der Waals surface area contributed by atoms with Gasteiger partial charge in [0.1, 0.15) is 23.7 Å². The van der Waals surface area contributed by atoms with E-state index in [-0.39, 0.29) is 36.7 Å². The zero-order valence-corrected chi connectivity index (χ0v) is 33.4. The number of carbonyl (C=O) groups is 4. The molecule has 5 aromatic rings. The summed E-state index contributed by atoms with van der Waals surface area (Å²) < 4.78 is 9.48. The van der Waals surface area contributed by atoms with Gasteiger partial charge in [-0.25, -0.2) is 19.6 Å². The topological polar surface area (TPSA) is 215 Å². The van der Waals surface area contributed by atoms with Gasteiger partial charge < -0.3 is 50.1 Å². The molecule has 2 aliphatic heterocycles. The fourth-order valence-corrected chi connectivity index (χ4v) is 7.98. The van der Waals surface area contributed by atoms with Crippen LogP contribution in [0.3, 0.4) is 0 Å². The number of ether oxygens (including phenoxy) is 2. The zero-order chi connectivity index (χ0) is 41.4. The van der Waals surface area contributed by atoms with E-state index in [9.17, 15) is 29.4 Å². The number of β-amino-alcohol motifs (C(OH)–C–C–N with tert-alkyl or cyclic N) is 2. The Morgan fingerprint density at radius 1 is 0.638 bits per heavy atom. The van der Waals surface area contributed by atoms with Crippen LogP contribution >= 0.6 is 0 Å². The Hall–Kier alpha value is -6.00. The monoisotopic (exact) mass is 794 g/mol. The van der Waals surface area contributed by atoms with E-state index in [4.69, 9.17) is 19.4 Å². The normalized spacial score (nSPS) is 20.5. The third kappa shape index (κ3) is 8.07. The molecule has 0 unspecified atom stereocenters. The third-order valence-electron chi connectivity index (χ3n) is 11.1. The second-order valence-electron chi connectivity index (χ2n) is 15.8. The number of rotatable bonds is 10. The van der Waals surface area contributed by atoms with Crippen molar-refractivity contribution >= 4 is 46.1 Å². The van der Waals surface area contributed by atoms with E-state index < -0.39 is 48.6 Å². The van der Waals surface area contributed by atoms with Gasteiger partial charge in [-0.05, 0) is 58.4 Å². The van der Waals surface area contributed by atoms with Gasteiger partial charge in [0, 0.05) is 25.9 Å². The Balaban J connectivity index is 1.08. The summed E-state index contributed by atoms with van der Waals surface area (Å²) in [7, 11) is 2.50. The number of likely N-dealkylation sites (tertiary alicyclic amines) is 2. The van der Waals surface area contributed by atoms with Crippen molar-refractivity contribution in [2.45, 2.75) is 76.9 Å². The van der Waals surface area contributed by atoms with Gasteiger partial charge in [-0.2, -0.15) is 0 Å². The zero-order valence-electron chi connectivity index (χ0n) is 33.4. The Labute approximate surface area is 335 Å². The highest BCUT2D eigenvalue weighted by molar-refractivity contribution is 5.88. The number of amides is 4. The Morgan fingerprint density at radius 2 is 1.00 bits per heavy atom. The summed E-state index contributed by atoms with van der Waals surface area (Å²) in [5, 5.41) is 26.5. The molecule has 0 radical (unpaired) electrons. The number of aromatic amines is 2. The van der Waals surface area contributed by atoms with Crippen molar-refractivity contribution in [3.63, 3.8) is 0 Å². The van der Waals surface area contributed by atoms with Crippen molar-refractivity contribution in [3.8, 4) is 22.3 Å². The number of aromatic nitrogens is 4. The largest absolute Gasteiger partial charge is 0.453 e. The maximum Gasteiger partial charge on any atom is 0.407 e. The molecule has 3 aromatic carbocycles. The molecular formula is C42H50N8O8. The minimum atomic E-state index is -0.824. The first-order valence-electron chi connectivity index (χ1n) is 19.5. The summed E-state index contributed by atoms with van der Waals surface area (Å²) in [5.74, 6) is 0.0814. The van der Waals surface area contributed by atoms with Crippen LogP contribution in [0.15, 0.2) is 60.7 Å². The molecule has 7 rings (SSSR count). The van der Waals surface area contributed by atoms with Gasteiger partial charge >= 0.3 is 12.2 Å². The number of alkyl carbamates (subject to hydrolysis) is 2. The van der Waals surface area contributed by atoms with Crippen LogP contribution in [-0.4, -0.2) is 116 Å². The number of carbonyl (C=O) groups excluding carboxylic acids is 4. The summed E-state index contributed by atoms with van der Waals surface area (Å²) in [4.78, 5) is 70.8. The van der Waals surface area contributed by atoms with E-state index in [1.165, 1.54) is 14.2 Å². The van der Waals surface area contributed by atoms with Crippen LogP contribution in [-0.2, 0) is 19.1 Å². The molecule has 6 atom stereocenters. The standard InChI is InChI=1S/C42H50N8O8/c1-21(2)35(47-41(55)57-5)39(53)49-19-27(51)17-33(49)37-43-29-13-11-25(15-31(29)45-37)23-7-9-24(10-8-23)26-12-14-30-32(16-26)46-38(44-30)34-18-28(52)20-50(34)40(54)36(22(3)4)48-42(56)58-6/h7-16,21-22,27-28,33-36,51-52H,17-20H2,1-6H3,(H,43,45)(H,44,46)(H,47,55)(H,48,56)/t27-,28-,33+,34+,35+,36+/m1/s1. The first-order valence-corrected chi connectivity index (χ1v) is 19.5. The Morgan fingerprint density at radius 3 is 1.34 bits per heavy atom. The van der Waals surface area contributed by atoms with Crippen LogP contribution in [0.4, 0.5) is 9.59 Å². The number of fused-ring (bicyclic) bond motifs is 2. The van der Waals surface area contributed by atoms with E-state index in [0.717, 1.165) is 44.3 Å². The summed E-state index contributed by atoms with van der Waals surface area (Å²) >= 11 is 0. The molecule has 16 heteroatoms. The van der Waals surface area contributed by atoms with Gasteiger partial charge in [0.05, 0.1) is 60.6 Å². The SMILES string of the molecule is COC(=O)N[C@H](C(=O)N1C[C@H](O)C[C@H]1c1nc2ccc(-c3ccc(-c4ccc5nc([C@@H]6C[C@@H](O)CN6C(=O)[C@@H](NC(=O)OC)C(C)C)[nH]c5c4)cc3)cc2[nH]1)C(C)C. The van der Waals surface area contributed by atoms with E-state index in [0.29, 0.717) is 24.5 Å². The number of methoxy groups -OCH3 is 2. The lowest BCUT2D eigenvalue weighted by atomic mass is 10.00. The maximum absolute atomic E-state index is 13.7. The van der Waals surface area contributed by atoms with Gasteiger partial charge in [0.2, 0.25) is 11.8 Å².